The third kappa shape index (κ3) is 1.23. The van der Waals surface area contributed by atoms with Crippen LogP contribution in [0.1, 0.15) is 0 Å². The van der Waals surface area contributed by atoms with Gasteiger partial charge in [0.2, 0.25) is 0 Å². The van der Waals surface area contributed by atoms with Gasteiger partial charge in [0.25, 0.3) is 11.8 Å². The van der Waals surface area contributed by atoms with E-state index in [1.54, 1.807) is 22.2 Å². The SMILES string of the molecule is O=C1C2C(C(=O)N1c1ccccc1)N1NN2c2ccccc21. The first-order valence-electron chi connectivity index (χ1n) is 7.14. The fourth-order valence-electron chi connectivity index (χ4n) is 3.50. The van der Waals surface area contributed by atoms with Gasteiger partial charge >= 0.3 is 0 Å². The van der Waals surface area contributed by atoms with Crippen LogP contribution in [0.2, 0.25) is 0 Å². The van der Waals surface area contributed by atoms with Crippen molar-refractivity contribution in [3.05, 3.63) is 54.6 Å². The smallest absolute Gasteiger partial charge is 0.260 e. The van der Waals surface area contributed by atoms with Crippen molar-refractivity contribution in [2.45, 2.75) is 12.1 Å². The van der Waals surface area contributed by atoms with Crippen molar-refractivity contribution in [2.75, 3.05) is 14.9 Å². The molecule has 3 heterocycles. The lowest BCUT2D eigenvalue weighted by molar-refractivity contribution is -0.121. The van der Waals surface area contributed by atoms with Crippen LogP contribution < -0.4 is 20.5 Å². The Labute approximate surface area is 126 Å². The Morgan fingerprint density at radius 3 is 1.77 bits per heavy atom. The van der Waals surface area contributed by atoms with Crippen molar-refractivity contribution in [1.82, 2.24) is 5.53 Å². The molecule has 6 heteroatoms. The molecule has 1 N–H and O–H groups in total. The molecule has 2 saturated heterocycles. The monoisotopic (exact) mass is 292 g/mol. The van der Waals surface area contributed by atoms with Crippen LogP contribution in [-0.2, 0) is 9.59 Å². The summed E-state index contributed by atoms with van der Waals surface area (Å²) in [5, 5.41) is 3.59. The predicted molar refractivity (Wildman–Crippen MR) is 81.0 cm³/mol. The summed E-state index contributed by atoms with van der Waals surface area (Å²) < 4.78 is 0. The molecule has 5 rings (SSSR count). The molecule has 0 saturated carbocycles. The Bertz CT molecular complexity index is 760. The Kier molecular flexibility index (Phi) is 2.07. The Morgan fingerprint density at radius 1 is 0.727 bits per heavy atom. The second-order valence-electron chi connectivity index (χ2n) is 5.57. The van der Waals surface area contributed by atoms with Crippen LogP contribution in [0.5, 0.6) is 0 Å². The second-order valence-corrected chi connectivity index (χ2v) is 5.57. The minimum atomic E-state index is -0.511. The van der Waals surface area contributed by atoms with Crippen molar-refractivity contribution >= 4 is 28.9 Å². The number of hydrogen-bond donors (Lipinski definition) is 1. The van der Waals surface area contributed by atoms with E-state index in [0.29, 0.717) is 5.69 Å². The summed E-state index contributed by atoms with van der Waals surface area (Å²) in [5.41, 5.74) is 5.61. The number of anilines is 3. The first-order valence-corrected chi connectivity index (χ1v) is 7.14. The number of fused-ring (bicyclic) bond motifs is 8. The number of carbonyl (C=O) groups is 2. The lowest BCUT2D eigenvalue weighted by atomic mass is 10.1. The van der Waals surface area contributed by atoms with Crippen molar-refractivity contribution in [1.29, 1.82) is 0 Å². The van der Waals surface area contributed by atoms with E-state index in [0.717, 1.165) is 11.4 Å². The molecule has 2 atom stereocenters. The van der Waals surface area contributed by atoms with Crippen molar-refractivity contribution < 1.29 is 9.59 Å². The van der Waals surface area contributed by atoms with E-state index in [-0.39, 0.29) is 11.8 Å². The summed E-state index contributed by atoms with van der Waals surface area (Å²) >= 11 is 0. The van der Waals surface area contributed by atoms with E-state index < -0.39 is 12.1 Å². The lowest BCUT2D eigenvalue weighted by Gasteiger charge is -2.23. The van der Waals surface area contributed by atoms with Gasteiger partial charge in [0.05, 0.1) is 17.1 Å². The van der Waals surface area contributed by atoms with Gasteiger partial charge in [-0.05, 0) is 24.3 Å². The molecule has 2 aromatic carbocycles. The summed E-state index contributed by atoms with van der Waals surface area (Å²) in [6.45, 7) is 0. The number of rotatable bonds is 1. The third-order valence-corrected chi connectivity index (χ3v) is 4.43. The molecule has 2 fully saturated rings. The maximum atomic E-state index is 12.8. The maximum Gasteiger partial charge on any atom is 0.260 e. The zero-order valence-corrected chi connectivity index (χ0v) is 11.5. The first-order chi connectivity index (χ1) is 10.8. The van der Waals surface area contributed by atoms with Gasteiger partial charge in [-0.1, -0.05) is 30.3 Å². The van der Waals surface area contributed by atoms with Gasteiger partial charge in [0.1, 0.15) is 0 Å². The van der Waals surface area contributed by atoms with Gasteiger partial charge in [-0.3, -0.25) is 19.6 Å². The summed E-state index contributed by atoms with van der Waals surface area (Å²) in [6.07, 6.45) is 0. The van der Waals surface area contributed by atoms with Crippen LogP contribution in [0, 0.1) is 0 Å². The average molecular weight is 292 g/mol. The van der Waals surface area contributed by atoms with Crippen LogP contribution in [0.4, 0.5) is 17.1 Å². The predicted octanol–water partition coefficient (Wildman–Crippen LogP) is 1.06. The minimum Gasteiger partial charge on any atom is -0.273 e. The number of para-hydroxylation sites is 3. The molecular weight excluding hydrogens is 280 g/mol. The lowest BCUT2D eigenvalue weighted by Crippen LogP contribution is -2.45. The fourth-order valence-corrected chi connectivity index (χ4v) is 3.50. The van der Waals surface area contributed by atoms with Gasteiger partial charge in [0.15, 0.2) is 12.1 Å². The highest BCUT2D eigenvalue weighted by molar-refractivity contribution is 6.28. The van der Waals surface area contributed by atoms with Crippen molar-refractivity contribution in [3.8, 4) is 0 Å². The molecule has 0 aromatic heterocycles. The van der Waals surface area contributed by atoms with Gasteiger partial charge in [0, 0.05) is 0 Å². The molecule has 22 heavy (non-hydrogen) atoms. The zero-order valence-electron chi connectivity index (χ0n) is 11.5. The zero-order chi connectivity index (χ0) is 14.8. The molecular formula is C16H12N4O2. The van der Waals surface area contributed by atoms with E-state index in [1.165, 1.54) is 4.90 Å². The molecule has 108 valence electrons. The topological polar surface area (TPSA) is 55.9 Å². The number of nitrogens with one attached hydrogen (secondary N) is 1. The number of amides is 2. The Balaban J connectivity index is 1.62. The van der Waals surface area contributed by atoms with Crippen LogP contribution in [0.3, 0.4) is 0 Å². The van der Waals surface area contributed by atoms with E-state index >= 15 is 0 Å². The van der Waals surface area contributed by atoms with E-state index in [9.17, 15) is 9.59 Å². The van der Waals surface area contributed by atoms with Crippen LogP contribution in [-0.4, -0.2) is 23.9 Å². The third-order valence-electron chi connectivity index (χ3n) is 4.43. The molecule has 0 aliphatic carbocycles. The molecule has 3 aliphatic rings. The number of carbonyl (C=O) groups excluding carboxylic acids is 2. The molecule has 3 aliphatic heterocycles. The molecule has 2 bridgehead atoms. The Morgan fingerprint density at radius 2 is 1.23 bits per heavy atom. The standard InChI is InChI=1S/C16H12N4O2/c21-15-13-14(16(22)18(15)10-6-2-1-3-7-10)20-12-9-5-4-8-11(12)19(13)17-20/h1-9,13-14,17H. The largest absolute Gasteiger partial charge is 0.273 e. The van der Waals surface area contributed by atoms with Gasteiger partial charge in [-0.2, -0.15) is 0 Å². The number of imide groups is 1. The van der Waals surface area contributed by atoms with Crippen LogP contribution >= 0.6 is 0 Å². The number of benzene rings is 2. The summed E-state index contributed by atoms with van der Waals surface area (Å²) in [4.78, 5) is 26.9. The van der Waals surface area contributed by atoms with Gasteiger partial charge in [-0.15, -0.1) is 5.53 Å². The minimum absolute atomic E-state index is 0.189. The highest BCUT2D eigenvalue weighted by Gasteiger charge is 2.62. The van der Waals surface area contributed by atoms with Crippen LogP contribution in [0.15, 0.2) is 54.6 Å². The number of hydrazine groups is 2. The fraction of sp³-hybridized carbons (Fsp3) is 0.125. The van der Waals surface area contributed by atoms with E-state index in [2.05, 4.69) is 5.53 Å². The van der Waals surface area contributed by atoms with E-state index in [4.69, 9.17) is 0 Å². The molecule has 2 amide bonds. The number of nitrogens with zero attached hydrogens (tertiary/aromatic N) is 3. The van der Waals surface area contributed by atoms with Crippen molar-refractivity contribution in [2.24, 2.45) is 0 Å². The molecule has 0 radical (unpaired) electrons. The molecule has 2 unspecified atom stereocenters. The second kappa shape index (κ2) is 3.86. The van der Waals surface area contributed by atoms with Gasteiger partial charge in [-0.25, -0.2) is 4.90 Å². The van der Waals surface area contributed by atoms with Crippen LogP contribution in [0.25, 0.3) is 0 Å². The normalized spacial score (nSPS) is 25.0. The molecule has 6 nitrogen and oxygen atoms in total. The Hall–Kier alpha value is -2.86. The first kappa shape index (κ1) is 11.8. The highest BCUT2D eigenvalue weighted by atomic mass is 16.2. The summed E-state index contributed by atoms with van der Waals surface area (Å²) in [6, 6.07) is 15.8. The number of hydrogen-bond acceptors (Lipinski definition) is 5. The summed E-state index contributed by atoms with van der Waals surface area (Å²) in [5.74, 6) is -0.378. The molecule has 2 aromatic rings. The van der Waals surface area contributed by atoms with E-state index in [1.807, 2.05) is 42.5 Å². The summed E-state index contributed by atoms with van der Waals surface area (Å²) in [7, 11) is 0. The quantitative estimate of drug-likeness (QED) is 0.796. The maximum absolute atomic E-state index is 12.8. The highest BCUT2D eigenvalue weighted by Crippen LogP contribution is 2.45. The van der Waals surface area contributed by atoms with Gasteiger partial charge < -0.3 is 0 Å². The van der Waals surface area contributed by atoms with Crippen molar-refractivity contribution in [3.63, 3.8) is 0 Å². The average Bonchev–Trinajstić information content (AvgIpc) is 3.19. The molecule has 0 spiro atoms.